The van der Waals surface area contributed by atoms with Gasteiger partial charge in [0, 0.05) is 39.8 Å². The maximum absolute atomic E-state index is 12.0. The van der Waals surface area contributed by atoms with E-state index >= 15 is 0 Å². The number of imidazole rings is 1. The summed E-state index contributed by atoms with van der Waals surface area (Å²) in [7, 11) is 1.47. The molecule has 1 aliphatic carbocycles. The number of fused-ring (bicyclic) bond motifs is 1. The molecule has 0 atom stereocenters. The van der Waals surface area contributed by atoms with Crippen molar-refractivity contribution in [3.8, 4) is 0 Å². The van der Waals surface area contributed by atoms with E-state index in [1.165, 1.54) is 17.8 Å². The van der Waals surface area contributed by atoms with Gasteiger partial charge in [0.05, 0.1) is 5.60 Å². The maximum Gasteiger partial charge on any atom is 0.361 e. The van der Waals surface area contributed by atoms with Crippen LogP contribution in [0.1, 0.15) is 30.3 Å². The standard InChI is InChI=1S/C11H12N5O3.Y/c1-11(4-3-5-11)19-9(17)7-8-13-14-15(2)10(18)16(8)6-12-7;/h3,6H,4-5H2,1-2H3;/q-1;. The number of hydrogen-bond donors (Lipinski definition) is 0. The van der Waals surface area contributed by atoms with Crippen LogP contribution >= 0.6 is 0 Å². The van der Waals surface area contributed by atoms with Crippen molar-refractivity contribution in [2.75, 3.05) is 0 Å². The van der Waals surface area contributed by atoms with Crippen molar-refractivity contribution in [3.63, 3.8) is 0 Å². The summed E-state index contributed by atoms with van der Waals surface area (Å²) in [6, 6.07) is 0. The Labute approximate surface area is 139 Å². The molecule has 0 N–H and O–H groups in total. The molecular formula is C11H12N5O3Y-. The van der Waals surface area contributed by atoms with Gasteiger partial charge in [0.25, 0.3) is 0 Å². The number of hydrogen-bond acceptors (Lipinski definition) is 6. The first-order chi connectivity index (χ1) is 9.00. The monoisotopic (exact) mass is 351 g/mol. The molecule has 0 aliphatic heterocycles. The number of carbonyl (C=O) groups excluding carboxylic acids is 1. The minimum atomic E-state index is -0.583. The summed E-state index contributed by atoms with van der Waals surface area (Å²) >= 11 is 0. The molecule has 103 valence electrons. The fourth-order valence-corrected chi connectivity index (χ4v) is 1.93. The SMILES string of the molecule is Cn1nnc2c(C(=O)OC3(C)C[CH-]C3)ncn2c1=O.[Y]. The van der Waals surface area contributed by atoms with E-state index in [0.717, 1.165) is 17.5 Å². The summed E-state index contributed by atoms with van der Waals surface area (Å²) in [6.45, 7) is 1.86. The normalized spacial score (nSPS) is 16.3. The molecule has 1 saturated carbocycles. The molecule has 0 amide bonds. The first-order valence-corrected chi connectivity index (χ1v) is 5.82. The van der Waals surface area contributed by atoms with E-state index in [2.05, 4.69) is 15.3 Å². The Morgan fingerprint density at radius 1 is 1.50 bits per heavy atom. The molecule has 1 fully saturated rings. The topological polar surface area (TPSA) is 91.4 Å². The van der Waals surface area contributed by atoms with Gasteiger partial charge >= 0.3 is 11.7 Å². The molecule has 9 heteroatoms. The van der Waals surface area contributed by atoms with Crippen LogP contribution < -0.4 is 5.69 Å². The van der Waals surface area contributed by atoms with Crippen molar-refractivity contribution < 1.29 is 42.2 Å². The van der Waals surface area contributed by atoms with Crippen LogP contribution in [0.5, 0.6) is 0 Å². The van der Waals surface area contributed by atoms with Crippen LogP contribution in [-0.4, -0.2) is 35.9 Å². The third-order valence-electron chi connectivity index (χ3n) is 3.18. The third-order valence-corrected chi connectivity index (χ3v) is 3.18. The Hall–Kier alpha value is -1.15. The number of aromatic nitrogens is 5. The molecule has 2 aromatic rings. The van der Waals surface area contributed by atoms with Gasteiger partial charge < -0.3 is 11.2 Å². The van der Waals surface area contributed by atoms with Gasteiger partial charge in [-0.1, -0.05) is 5.21 Å². The summed E-state index contributed by atoms with van der Waals surface area (Å²) in [4.78, 5) is 27.7. The van der Waals surface area contributed by atoms with E-state index in [1.807, 2.05) is 13.3 Å². The van der Waals surface area contributed by atoms with Crippen LogP contribution in [0, 0.1) is 6.42 Å². The van der Waals surface area contributed by atoms with Crippen molar-refractivity contribution in [1.82, 2.24) is 24.4 Å². The van der Waals surface area contributed by atoms with Gasteiger partial charge in [0.2, 0.25) is 0 Å². The fourth-order valence-electron chi connectivity index (χ4n) is 1.93. The van der Waals surface area contributed by atoms with Crippen molar-refractivity contribution in [3.05, 3.63) is 28.9 Å². The van der Waals surface area contributed by atoms with Gasteiger partial charge in [-0.15, -0.1) is 17.9 Å². The Balaban J connectivity index is 0.00000147. The Bertz CT molecular complexity index is 718. The van der Waals surface area contributed by atoms with Crippen LogP contribution in [0.4, 0.5) is 0 Å². The fraction of sp³-hybridized carbons (Fsp3) is 0.455. The Kier molecular flexibility index (Phi) is 4.06. The summed E-state index contributed by atoms with van der Waals surface area (Å²) in [5.74, 6) is -0.583. The van der Waals surface area contributed by atoms with Crippen LogP contribution in [0.3, 0.4) is 0 Å². The maximum atomic E-state index is 12.0. The number of aryl methyl sites for hydroxylation is 1. The second kappa shape index (κ2) is 5.33. The van der Waals surface area contributed by atoms with Crippen LogP contribution in [0.25, 0.3) is 5.65 Å². The molecule has 2 aromatic heterocycles. The van der Waals surface area contributed by atoms with Crippen LogP contribution in [0.15, 0.2) is 11.1 Å². The largest absolute Gasteiger partial charge is 0.460 e. The predicted molar refractivity (Wildman–Crippen MR) is 63.4 cm³/mol. The van der Waals surface area contributed by atoms with Crippen molar-refractivity contribution in [2.45, 2.75) is 25.4 Å². The molecule has 0 unspecified atom stereocenters. The zero-order chi connectivity index (χ0) is 13.6. The quantitative estimate of drug-likeness (QED) is 0.547. The van der Waals surface area contributed by atoms with Crippen molar-refractivity contribution in [1.29, 1.82) is 0 Å². The number of nitrogens with zero attached hydrogens (tertiary/aromatic N) is 5. The molecule has 0 aromatic carbocycles. The minimum Gasteiger partial charge on any atom is -0.460 e. The molecule has 1 radical (unpaired) electrons. The molecule has 20 heavy (non-hydrogen) atoms. The molecule has 0 saturated heterocycles. The second-order valence-electron chi connectivity index (χ2n) is 4.82. The second-order valence-corrected chi connectivity index (χ2v) is 4.82. The molecule has 8 nitrogen and oxygen atoms in total. The number of carbonyl (C=O) groups is 1. The van der Waals surface area contributed by atoms with Gasteiger partial charge in [-0.05, 0) is 6.92 Å². The zero-order valence-electron chi connectivity index (χ0n) is 11.1. The Morgan fingerprint density at radius 3 is 2.80 bits per heavy atom. The Morgan fingerprint density at radius 2 is 2.20 bits per heavy atom. The van der Waals surface area contributed by atoms with E-state index in [1.54, 1.807) is 0 Å². The number of rotatable bonds is 2. The number of esters is 1. The zero-order valence-corrected chi connectivity index (χ0v) is 13.9. The van der Waals surface area contributed by atoms with Gasteiger partial charge in [-0.2, -0.15) is 4.68 Å². The van der Waals surface area contributed by atoms with E-state index in [9.17, 15) is 9.59 Å². The van der Waals surface area contributed by atoms with Gasteiger partial charge in [-0.3, -0.25) is 0 Å². The average molecular weight is 351 g/mol. The summed E-state index contributed by atoms with van der Waals surface area (Å²) < 4.78 is 7.60. The molecule has 3 rings (SSSR count). The van der Waals surface area contributed by atoms with Crippen molar-refractivity contribution >= 4 is 11.6 Å². The van der Waals surface area contributed by atoms with E-state index in [-0.39, 0.29) is 44.1 Å². The smallest absolute Gasteiger partial charge is 0.361 e. The van der Waals surface area contributed by atoms with E-state index in [4.69, 9.17) is 4.74 Å². The molecule has 2 heterocycles. The van der Waals surface area contributed by atoms with Gasteiger partial charge in [0.1, 0.15) is 6.33 Å². The first kappa shape index (κ1) is 15.2. The molecule has 1 aliphatic rings. The van der Waals surface area contributed by atoms with Crippen LogP contribution in [-0.2, 0) is 44.5 Å². The predicted octanol–water partition coefficient (Wildman–Crippen LogP) is -0.266. The van der Waals surface area contributed by atoms with Gasteiger partial charge in [0.15, 0.2) is 11.3 Å². The summed E-state index contributed by atoms with van der Waals surface area (Å²) in [5, 5.41) is 7.43. The van der Waals surface area contributed by atoms with Crippen molar-refractivity contribution in [2.24, 2.45) is 7.05 Å². The average Bonchev–Trinajstić information content (AvgIpc) is 2.76. The summed E-state index contributed by atoms with van der Waals surface area (Å²) in [5.41, 5.74) is -0.765. The van der Waals surface area contributed by atoms with Gasteiger partial charge in [-0.25, -0.2) is 19.0 Å². The summed E-state index contributed by atoms with van der Waals surface area (Å²) in [6.07, 6.45) is 4.72. The first-order valence-electron chi connectivity index (χ1n) is 5.82. The van der Waals surface area contributed by atoms with E-state index in [0.29, 0.717) is 0 Å². The molecule has 0 spiro atoms. The van der Waals surface area contributed by atoms with E-state index < -0.39 is 17.3 Å². The molecular weight excluding hydrogens is 339 g/mol. The molecule has 0 bridgehead atoms. The van der Waals surface area contributed by atoms with Crippen LogP contribution in [0.2, 0.25) is 0 Å². The third kappa shape index (κ3) is 2.42. The number of ether oxygens (including phenoxy) is 1. The minimum absolute atomic E-state index is 0.